The van der Waals surface area contributed by atoms with E-state index in [1.165, 1.54) is 0 Å². The minimum absolute atomic E-state index is 0.516. The monoisotopic (exact) mass is 296 g/mol. The van der Waals surface area contributed by atoms with Crippen molar-refractivity contribution < 1.29 is 5.11 Å². The van der Waals surface area contributed by atoms with Gasteiger partial charge in [0.25, 0.3) is 0 Å². The van der Waals surface area contributed by atoms with Crippen LogP contribution in [-0.2, 0) is 0 Å². The van der Waals surface area contributed by atoms with Gasteiger partial charge in [0.15, 0.2) is 0 Å². The van der Waals surface area contributed by atoms with E-state index in [0.717, 1.165) is 25.4 Å². The van der Waals surface area contributed by atoms with E-state index in [0.29, 0.717) is 0 Å². The minimum atomic E-state index is -0.516. The smallest absolute Gasteiger partial charge is 0.114 e. The molecule has 1 atom stereocenters. The lowest BCUT2D eigenvalue weighted by molar-refractivity contribution is 0.222. The van der Waals surface area contributed by atoms with Crippen molar-refractivity contribution in [3.8, 4) is 0 Å². The van der Waals surface area contributed by atoms with Crippen molar-refractivity contribution in [2.45, 2.75) is 20.0 Å². The zero-order valence-electron chi connectivity index (χ0n) is 9.20. The van der Waals surface area contributed by atoms with Crippen molar-refractivity contribution >= 4 is 27.3 Å². The van der Waals surface area contributed by atoms with Crippen LogP contribution < -0.4 is 0 Å². The van der Waals surface area contributed by atoms with Crippen molar-refractivity contribution in [1.82, 2.24) is 0 Å². The summed E-state index contributed by atoms with van der Waals surface area (Å²) in [6.45, 7) is 4.07. The first kappa shape index (κ1) is 11.8. The normalized spacial score (nSPS) is 12.8. The van der Waals surface area contributed by atoms with Crippen LogP contribution in [0, 0.1) is 13.8 Å². The third-order valence-corrected chi connectivity index (χ3v) is 4.36. The topological polar surface area (TPSA) is 20.2 Å². The Kier molecular flexibility index (Phi) is 3.47. The summed E-state index contributed by atoms with van der Waals surface area (Å²) in [6.07, 6.45) is -0.516. The molecule has 1 aromatic heterocycles. The molecule has 0 saturated carbocycles. The molecule has 1 heterocycles. The first-order valence-electron chi connectivity index (χ1n) is 5.09. The van der Waals surface area contributed by atoms with E-state index in [1.807, 2.05) is 44.2 Å². The van der Waals surface area contributed by atoms with Gasteiger partial charge in [0, 0.05) is 4.88 Å². The highest BCUT2D eigenvalue weighted by atomic mass is 79.9. The average Bonchev–Trinajstić information content (AvgIpc) is 2.64. The second-order valence-corrected chi connectivity index (χ2v) is 6.34. The lowest BCUT2D eigenvalue weighted by Crippen LogP contribution is -2.02. The predicted molar refractivity (Wildman–Crippen MR) is 72.0 cm³/mol. The Morgan fingerprint density at radius 2 is 1.75 bits per heavy atom. The average molecular weight is 297 g/mol. The highest BCUT2D eigenvalue weighted by Crippen LogP contribution is 2.33. The lowest BCUT2D eigenvalue weighted by atomic mass is 9.97. The number of aliphatic hydroxyl groups is 1. The van der Waals surface area contributed by atoms with E-state index >= 15 is 0 Å². The van der Waals surface area contributed by atoms with Gasteiger partial charge in [-0.15, -0.1) is 11.3 Å². The Morgan fingerprint density at radius 1 is 1.12 bits per heavy atom. The summed E-state index contributed by atoms with van der Waals surface area (Å²) < 4.78 is 1.05. The molecule has 0 spiro atoms. The van der Waals surface area contributed by atoms with Crippen LogP contribution in [0.1, 0.15) is 27.7 Å². The molecule has 1 aromatic carbocycles. The summed E-state index contributed by atoms with van der Waals surface area (Å²) in [5.41, 5.74) is 3.30. The molecule has 0 aliphatic carbocycles. The SMILES string of the molecule is Cc1cccc(C)c1C(O)c1ccc(Br)s1. The number of aryl methyl sites for hydroxylation is 2. The van der Waals surface area contributed by atoms with E-state index < -0.39 is 6.10 Å². The molecule has 3 heteroatoms. The van der Waals surface area contributed by atoms with Crippen molar-refractivity contribution in [2.24, 2.45) is 0 Å². The molecule has 0 aliphatic rings. The number of thiophene rings is 1. The summed E-state index contributed by atoms with van der Waals surface area (Å²) >= 11 is 4.99. The standard InChI is InChI=1S/C13H13BrOS/c1-8-4-3-5-9(2)12(8)13(15)10-6-7-11(14)16-10/h3-7,13,15H,1-2H3. The van der Waals surface area contributed by atoms with Gasteiger partial charge in [0.1, 0.15) is 6.10 Å². The van der Waals surface area contributed by atoms with E-state index in [2.05, 4.69) is 15.9 Å². The number of halogens is 1. The number of benzene rings is 1. The molecular weight excluding hydrogens is 284 g/mol. The Balaban J connectivity index is 2.45. The molecule has 0 saturated heterocycles. The highest BCUT2D eigenvalue weighted by molar-refractivity contribution is 9.11. The fourth-order valence-electron chi connectivity index (χ4n) is 1.88. The fraction of sp³-hybridized carbons (Fsp3) is 0.231. The number of rotatable bonds is 2. The van der Waals surface area contributed by atoms with Crippen LogP contribution in [0.5, 0.6) is 0 Å². The van der Waals surface area contributed by atoms with E-state index in [9.17, 15) is 5.11 Å². The van der Waals surface area contributed by atoms with Gasteiger partial charge >= 0.3 is 0 Å². The minimum Gasteiger partial charge on any atom is -0.383 e. The number of hydrogen-bond acceptors (Lipinski definition) is 2. The van der Waals surface area contributed by atoms with Crippen LogP contribution >= 0.6 is 27.3 Å². The van der Waals surface area contributed by atoms with Crippen LogP contribution in [0.4, 0.5) is 0 Å². The molecule has 0 aliphatic heterocycles. The van der Waals surface area contributed by atoms with Crippen LogP contribution in [0.15, 0.2) is 34.1 Å². The Bertz CT molecular complexity index is 484. The zero-order chi connectivity index (χ0) is 11.7. The predicted octanol–water partition coefficient (Wildman–Crippen LogP) is 4.21. The maximum absolute atomic E-state index is 10.4. The molecule has 1 N–H and O–H groups in total. The second-order valence-electron chi connectivity index (χ2n) is 3.85. The van der Waals surface area contributed by atoms with E-state index in [-0.39, 0.29) is 0 Å². The van der Waals surface area contributed by atoms with Crippen LogP contribution in [-0.4, -0.2) is 5.11 Å². The maximum atomic E-state index is 10.4. The number of hydrogen-bond donors (Lipinski definition) is 1. The summed E-state index contributed by atoms with van der Waals surface area (Å²) in [7, 11) is 0. The summed E-state index contributed by atoms with van der Waals surface area (Å²) in [4.78, 5) is 0.976. The van der Waals surface area contributed by atoms with E-state index in [1.54, 1.807) is 11.3 Å². The van der Waals surface area contributed by atoms with E-state index in [4.69, 9.17) is 0 Å². The molecule has 0 amide bonds. The molecule has 16 heavy (non-hydrogen) atoms. The van der Waals surface area contributed by atoms with Gasteiger partial charge in [0.2, 0.25) is 0 Å². The van der Waals surface area contributed by atoms with Gasteiger partial charge in [-0.1, -0.05) is 18.2 Å². The Morgan fingerprint density at radius 3 is 2.25 bits per heavy atom. The quantitative estimate of drug-likeness (QED) is 0.880. The van der Waals surface area contributed by atoms with Crippen molar-refractivity contribution in [1.29, 1.82) is 0 Å². The summed E-state index contributed by atoms with van der Waals surface area (Å²) in [6, 6.07) is 10.0. The molecule has 0 fully saturated rings. The molecular formula is C13H13BrOS. The van der Waals surface area contributed by atoms with Gasteiger partial charge in [-0.05, 0) is 58.6 Å². The Hall–Kier alpha value is -0.640. The summed E-state index contributed by atoms with van der Waals surface area (Å²) in [5.74, 6) is 0. The largest absolute Gasteiger partial charge is 0.383 e. The fourth-order valence-corrected chi connectivity index (χ4v) is 3.30. The summed E-state index contributed by atoms with van der Waals surface area (Å²) in [5, 5.41) is 10.4. The Labute approximate surface area is 108 Å². The van der Waals surface area contributed by atoms with Gasteiger partial charge in [-0.3, -0.25) is 0 Å². The molecule has 2 rings (SSSR count). The van der Waals surface area contributed by atoms with Crippen molar-refractivity contribution in [2.75, 3.05) is 0 Å². The van der Waals surface area contributed by atoms with Crippen LogP contribution in [0.3, 0.4) is 0 Å². The first-order valence-corrected chi connectivity index (χ1v) is 6.70. The molecule has 2 aromatic rings. The molecule has 0 bridgehead atoms. The van der Waals surface area contributed by atoms with Gasteiger partial charge in [-0.2, -0.15) is 0 Å². The highest BCUT2D eigenvalue weighted by Gasteiger charge is 2.16. The molecule has 84 valence electrons. The molecule has 0 radical (unpaired) electrons. The molecule has 1 unspecified atom stereocenters. The van der Waals surface area contributed by atoms with Crippen LogP contribution in [0.2, 0.25) is 0 Å². The number of aliphatic hydroxyl groups excluding tert-OH is 1. The van der Waals surface area contributed by atoms with Crippen molar-refractivity contribution in [3.05, 3.63) is 55.7 Å². The van der Waals surface area contributed by atoms with Gasteiger partial charge in [0.05, 0.1) is 3.79 Å². The van der Waals surface area contributed by atoms with Gasteiger partial charge < -0.3 is 5.11 Å². The zero-order valence-corrected chi connectivity index (χ0v) is 11.6. The third-order valence-electron chi connectivity index (χ3n) is 2.68. The van der Waals surface area contributed by atoms with Crippen molar-refractivity contribution in [3.63, 3.8) is 0 Å². The second kappa shape index (κ2) is 4.70. The van der Waals surface area contributed by atoms with Gasteiger partial charge in [-0.25, -0.2) is 0 Å². The lowest BCUT2D eigenvalue weighted by Gasteiger charge is -2.15. The third kappa shape index (κ3) is 2.21. The molecule has 1 nitrogen and oxygen atoms in total. The maximum Gasteiger partial charge on any atom is 0.114 e. The van der Waals surface area contributed by atoms with Crippen LogP contribution in [0.25, 0.3) is 0 Å². The first-order chi connectivity index (χ1) is 7.59.